The third-order valence-electron chi connectivity index (χ3n) is 3.28. The first kappa shape index (κ1) is 17.3. The molecule has 0 bridgehead atoms. The van der Waals surface area contributed by atoms with Crippen LogP contribution in [0.3, 0.4) is 0 Å². The number of aryl methyl sites for hydroxylation is 1. The normalized spacial score (nSPS) is 11.2. The van der Waals surface area contributed by atoms with Gasteiger partial charge in [0.1, 0.15) is 17.1 Å². The van der Waals surface area contributed by atoms with Crippen LogP contribution >= 0.6 is 0 Å². The Balaban J connectivity index is 2.30. The summed E-state index contributed by atoms with van der Waals surface area (Å²) in [5.74, 6) is -1.30. The molecule has 3 N–H and O–H groups in total. The summed E-state index contributed by atoms with van der Waals surface area (Å²) in [6.45, 7) is 7.30. The van der Waals surface area contributed by atoms with Gasteiger partial charge in [0.25, 0.3) is 11.5 Å². The van der Waals surface area contributed by atoms with E-state index in [1.807, 2.05) is 20.8 Å². The number of rotatable bonds is 3. The molecule has 126 valence electrons. The Bertz CT molecular complexity index is 848. The molecule has 8 nitrogen and oxygen atoms in total. The minimum Gasteiger partial charge on any atom is -0.477 e. The number of aromatic carboxylic acids is 1. The maximum Gasteiger partial charge on any atom is 0.354 e. The van der Waals surface area contributed by atoms with Crippen LogP contribution < -0.4 is 10.9 Å². The Morgan fingerprint density at radius 3 is 2.38 bits per heavy atom. The Kier molecular flexibility index (Phi) is 4.50. The van der Waals surface area contributed by atoms with Crippen LogP contribution in [0.25, 0.3) is 0 Å². The zero-order valence-corrected chi connectivity index (χ0v) is 13.8. The van der Waals surface area contributed by atoms with Crippen LogP contribution in [0.1, 0.15) is 53.1 Å². The van der Waals surface area contributed by atoms with Gasteiger partial charge in [0.05, 0.1) is 17.6 Å². The first-order valence-electron chi connectivity index (χ1n) is 7.21. The largest absolute Gasteiger partial charge is 0.477 e. The van der Waals surface area contributed by atoms with Crippen LogP contribution in [0.15, 0.2) is 23.1 Å². The number of pyridine rings is 1. The molecule has 0 saturated heterocycles. The summed E-state index contributed by atoms with van der Waals surface area (Å²) >= 11 is 0. The molecule has 1 amide bonds. The molecule has 0 aliphatic heterocycles. The van der Waals surface area contributed by atoms with E-state index in [9.17, 15) is 14.4 Å². The Hall–Kier alpha value is -3.03. The van der Waals surface area contributed by atoms with Gasteiger partial charge in [-0.1, -0.05) is 20.8 Å². The highest BCUT2D eigenvalue weighted by Gasteiger charge is 2.22. The lowest BCUT2D eigenvalue weighted by molar-refractivity contribution is 0.0690. The fourth-order valence-corrected chi connectivity index (χ4v) is 2.00. The summed E-state index contributed by atoms with van der Waals surface area (Å²) in [5.41, 5.74) is -0.515. The highest BCUT2D eigenvalue weighted by molar-refractivity contribution is 6.04. The zero-order valence-electron chi connectivity index (χ0n) is 13.8. The van der Waals surface area contributed by atoms with Crippen LogP contribution in [0.5, 0.6) is 0 Å². The van der Waals surface area contributed by atoms with Gasteiger partial charge in [0.15, 0.2) is 0 Å². The van der Waals surface area contributed by atoms with Gasteiger partial charge < -0.3 is 15.4 Å². The van der Waals surface area contributed by atoms with Crippen LogP contribution in [-0.2, 0) is 5.41 Å². The summed E-state index contributed by atoms with van der Waals surface area (Å²) < 4.78 is 0. The van der Waals surface area contributed by atoms with Gasteiger partial charge in [0.2, 0.25) is 0 Å². The highest BCUT2D eigenvalue weighted by Crippen LogP contribution is 2.17. The third kappa shape index (κ3) is 3.65. The van der Waals surface area contributed by atoms with Gasteiger partial charge in [-0.3, -0.25) is 9.59 Å². The number of aromatic nitrogens is 3. The maximum absolute atomic E-state index is 12.3. The predicted octanol–water partition coefficient (Wildman–Crippen LogP) is 1.72. The number of carbonyl (C=O) groups is 2. The molecule has 2 rings (SSSR count). The average molecular weight is 330 g/mol. The Morgan fingerprint density at radius 1 is 1.25 bits per heavy atom. The molecule has 0 saturated carbocycles. The van der Waals surface area contributed by atoms with Crippen molar-refractivity contribution in [2.45, 2.75) is 33.1 Å². The van der Waals surface area contributed by atoms with Crippen molar-refractivity contribution < 1.29 is 14.7 Å². The first-order chi connectivity index (χ1) is 11.1. The lowest BCUT2D eigenvalue weighted by Gasteiger charge is -2.18. The quantitative estimate of drug-likeness (QED) is 0.787. The number of H-pyrrole nitrogens is 1. The standard InChI is InChI=1S/C16H18N4O4/c1-8-11(13(22)20-15(18-8)16(2,3)4)12(21)19-9-5-6-10(14(23)24)17-7-9/h5-7H,1-4H3,(H,19,21)(H,23,24)(H,18,20,22). The molecule has 0 fully saturated rings. The number of amides is 1. The van der Waals surface area contributed by atoms with Crippen molar-refractivity contribution in [2.75, 3.05) is 5.32 Å². The molecule has 2 heterocycles. The number of nitrogens with one attached hydrogen (secondary N) is 2. The molecule has 2 aromatic heterocycles. The maximum atomic E-state index is 12.3. The van der Waals surface area contributed by atoms with E-state index in [0.717, 1.165) is 0 Å². The SMILES string of the molecule is Cc1nc(C(C)(C)C)[nH]c(=O)c1C(=O)Nc1ccc(C(=O)O)nc1. The summed E-state index contributed by atoms with van der Waals surface area (Å²) in [7, 11) is 0. The fraction of sp³-hybridized carbons (Fsp3) is 0.312. The van der Waals surface area contributed by atoms with E-state index in [1.165, 1.54) is 18.3 Å². The second-order valence-corrected chi connectivity index (χ2v) is 6.32. The number of anilines is 1. The van der Waals surface area contributed by atoms with Crippen LogP contribution in [0, 0.1) is 6.92 Å². The second-order valence-electron chi connectivity index (χ2n) is 6.32. The van der Waals surface area contributed by atoms with Crippen LogP contribution in [-0.4, -0.2) is 31.9 Å². The van der Waals surface area contributed by atoms with E-state index in [4.69, 9.17) is 5.11 Å². The molecule has 8 heteroatoms. The number of hydrogen-bond acceptors (Lipinski definition) is 5. The van der Waals surface area contributed by atoms with Crippen molar-refractivity contribution >= 4 is 17.6 Å². The van der Waals surface area contributed by atoms with Crippen molar-refractivity contribution in [3.8, 4) is 0 Å². The van der Waals surface area contributed by atoms with Gasteiger partial charge in [-0.05, 0) is 19.1 Å². The number of carboxylic acids is 1. The minimum atomic E-state index is -1.16. The molecular weight excluding hydrogens is 312 g/mol. The van der Waals surface area contributed by atoms with E-state index in [1.54, 1.807) is 6.92 Å². The van der Waals surface area contributed by atoms with Gasteiger partial charge in [-0.25, -0.2) is 14.8 Å². The lowest BCUT2D eigenvalue weighted by atomic mass is 9.95. The first-order valence-corrected chi connectivity index (χ1v) is 7.21. The summed E-state index contributed by atoms with van der Waals surface area (Å²) in [6.07, 6.45) is 1.21. The number of hydrogen-bond donors (Lipinski definition) is 3. The molecule has 0 unspecified atom stereocenters. The molecule has 24 heavy (non-hydrogen) atoms. The molecule has 0 aromatic carbocycles. The zero-order chi connectivity index (χ0) is 18.1. The van der Waals surface area contributed by atoms with Gasteiger partial charge >= 0.3 is 5.97 Å². The van der Waals surface area contributed by atoms with E-state index in [2.05, 4.69) is 20.3 Å². The highest BCUT2D eigenvalue weighted by atomic mass is 16.4. The minimum absolute atomic E-state index is 0.0923. The van der Waals surface area contributed by atoms with Gasteiger partial charge in [-0.15, -0.1) is 0 Å². The van der Waals surface area contributed by atoms with Crippen molar-refractivity contribution in [1.82, 2.24) is 15.0 Å². The molecule has 0 atom stereocenters. The molecule has 0 radical (unpaired) electrons. The fourth-order valence-electron chi connectivity index (χ4n) is 2.00. The summed E-state index contributed by atoms with van der Waals surface area (Å²) in [5, 5.41) is 11.3. The molecule has 0 aliphatic rings. The van der Waals surface area contributed by atoms with E-state index < -0.39 is 17.4 Å². The van der Waals surface area contributed by atoms with Gasteiger partial charge in [0, 0.05) is 5.41 Å². The van der Waals surface area contributed by atoms with Crippen LogP contribution in [0.2, 0.25) is 0 Å². The Labute approximate surface area is 138 Å². The topological polar surface area (TPSA) is 125 Å². The van der Waals surface area contributed by atoms with E-state index in [-0.39, 0.29) is 22.4 Å². The molecule has 0 aliphatic carbocycles. The number of carbonyl (C=O) groups excluding carboxylic acids is 1. The van der Waals surface area contributed by atoms with Gasteiger partial charge in [-0.2, -0.15) is 0 Å². The molecule has 0 spiro atoms. The smallest absolute Gasteiger partial charge is 0.354 e. The number of nitrogens with zero attached hydrogens (tertiary/aromatic N) is 2. The molecular formula is C16H18N4O4. The second kappa shape index (κ2) is 6.23. The van der Waals surface area contributed by atoms with Crippen LogP contribution in [0.4, 0.5) is 5.69 Å². The average Bonchev–Trinajstić information content (AvgIpc) is 2.46. The monoisotopic (exact) mass is 330 g/mol. The lowest BCUT2D eigenvalue weighted by Crippen LogP contribution is -2.30. The van der Waals surface area contributed by atoms with Crippen molar-refractivity contribution in [3.05, 3.63) is 51.5 Å². The van der Waals surface area contributed by atoms with Crippen molar-refractivity contribution in [2.24, 2.45) is 0 Å². The Morgan fingerprint density at radius 2 is 1.92 bits per heavy atom. The number of aromatic amines is 1. The van der Waals surface area contributed by atoms with Crippen molar-refractivity contribution in [1.29, 1.82) is 0 Å². The summed E-state index contributed by atoms with van der Waals surface area (Å²) in [6, 6.07) is 2.66. The third-order valence-corrected chi connectivity index (χ3v) is 3.28. The van der Waals surface area contributed by atoms with Crippen molar-refractivity contribution in [3.63, 3.8) is 0 Å². The molecule has 2 aromatic rings. The van der Waals surface area contributed by atoms with E-state index >= 15 is 0 Å². The number of carboxylic acid groups (broad SMARTS) is 1. The van der Waals surface area contributed by atoms with E-state index in [0.29, 0.717) is 11.5 Å². The summed E-state index contributed by atoms with van der Waals surface area (Å²) in [4.78, 5) is 45.9. The predicted molar refractivity (Wildman–Crippen MR) is 87.4 cm³/mol.